The molecule has 0 aliphatic carbocycles. The lowest BCUT2D eigenvalue weighted by molar-refractivity contribution is -0.116. The van der Waals surface area contributed by atoms with Gasteiger partial charge in [0.05, 0.1) is 17.5 Å². The van der Waals surface area contributed by atoms with Crippen molar-refractivity contribution in [2.24, 2.45) is 0 Å². The van der Waals surface area contributed by atoms with Crippen LogP contribution in [0.5, 0.6) is 0 Å². The molecule has 5 nitrogen and oxygen atoms in total. The van der Waals surface area contributed by atoms with Crippen molar-refractivity contribution in [2.45, 2.75) is 26.2 Å². The minimum atomic E-state index is -0.597. The molecule has 0 bridgehead atoms. The van der Waals surface area contributed by atoms with E-state index in [0.717, 1.165) is 12.0 Å². The number of carbonyl (C=O) groups is 2. The molecule has 0 aliphatic rings. The van der Waals surface area contributed by atoms with Crippen LogP contribution < -0.4 is 10.6 Å². The largest absolute Gasteiger partial charge is 0.469 e. The molecule has 7 heteroatoms. The molecule has 0 saturated carbocycles. The lowest BCUT2D eigenvalue weighted by atomic mass is 10.1. The van der Waals surface area contributed by atoms with Crippen LogP contribution in [-0.4, -0.2) is 11.8 Å². The van der Waals surface area contributed by atoms with Gasteiger partial charge in [0.25, 0.3) is 5.91 Å². The highest BCUT2D eigenvalue weighted by atomic mass is 35.5. The Morgan fingerprint density at radius 1 is 1.07 bits per heavy atom. The molecule has 3 rings (SSSR count). The third-order valence-corrected chi connectivity index (χ3v) is 4.64. The van der Waals surface area contributed by atoms with Gasteiger partial charge in [0.1, 0.15) is 11.6 Å². The first-order chi connectivity index (χ1) is 13.9. The summed E-state index contributed by atoms with van der Waals surface area (Å²) in [5, 5.41) is 5.90. The van der Waals surface area contributed by atoms with Gasteiger partial charge in [-0.2, -0.15) is 0 Å². The zero-order chi connectivity index (χ0) is 20.8. The lowest BCUT2D eigenvalue weighted by Gasteiger charge is -2.10. The van der Waals surface area contributed by atoms with Crippen LogP contribution in [0.4, 0.5) is 15.8 Å². The first-order valence-electron chi connectivity index (χ1n) is 9.11. The summed E-state index contributed by atoms with van der Waals surface area (Å²) in [6.07, 6.45) is 3.12. The number of rotatable bonds is 7. The molecule has 2 N–H and O–H groups in total. The Bertz CT molecular complexity index is 1020. The van der Waals surface area contributed by atoms with Gasteiger partial charge in [0.15, 0.2) is 0 Å². The number of anilines is 2. The number of furan rings is 1. The molecule has 0 radical (unpaired) electrons. The van der Waals surface area contributed by atoms with Gasteiger partial charge in [0.2, 0.25) is 5.91 Å². The third-order valence-electron chi connectivity index (χ3n) is 4.38. The second-order valence-electron chi connectivity index (χ2n) is 6.57. The van der Waals surface area contributed by atoms with Gasteiger partial charge in [-0.3, -0.25) is 9.59 Å². The predicted molar refractivity (Wildman–Crippen MR) is 111 cm³/mol. The zero-order valence-electron chi connectivity index (χ0n) is 15.8. The highest BCUT2D eigenvalue weighted by molar-refractivity contribution is 6.30. The summed E-state index contributed by atoms with van der Waals surface area (Å²) in [5.41, 5.74) is 1.81. The molecule has 0 atom stereocenters. The number of aryl methyl sites for hydroxylation is 2. The Morgan fingerprint density at radius 3 is 2.52 bits per heavy atom. The summed E-state index contributed by atoms with van der Waals surface area (Å²) in [4.78, 5) is 24.4. The molecule has 0 spiro atoms. The van der Waals surface area contributed by atoms with E-state index in [-0.39, 0.29) is 11.6 Å². The van der Waals surface area contributed by atoms with Crippen molar-refractivity contribution in [3.8, 4) is 0 Å². The number of nitrogens with one attached hydrogen (secondary N) is 2. The molecule has 0 saturated heterocycles. The van der Waals surface area contributed by atoms with Gasteiger partial charge in [-0.05, 0) is 61.7 Å². The first-order valence-corrected chi connectivity index (χ1v) is 9.49. The van der Waals surface area contributed by atoms with Crippen LogP contribution in [0.1, 0.15) is 34.5 Å². The highest BCUT2D eigenvalue weighted by Gasteiger charge is 2.14. The number of benzene rings is 2. The molecule has 2 amide bonds. The molecule has 0 fully saturated rings. The van der Waals surface area contributed by atoms with E-state index in [1.54, 1.807) is 6.92 Å². The minimum absolute atomic E-state index is 0.0189. The first kappa shape index (κ1) is 20.6. The van der Waals surface area contributed by atoms with Crippen LogP contribution in [0.3, 0.4) is 0 Å². The Kier molecular flexibility index (Phi) is 6.67. The van der Waals surface area contributed by atoms with Crippen LogP contribution in [-0.2, 0) is 11.2 Å². The van der Waals surface area contributed by atoms with Crippen molar-refractivity contribution >= 4 is 34.8 Å². The highest BCUT2D eigenvalue weighted by Crippen LogP contribution is 2.22. The van der Waals surface area contributed by atoms with Gasteiger partial charge in [-0.15, -0.1) is 0 Å². The topological polar surface area (TPSA) is 71.3 Å². The van der Waals surface area contributed by atoms with Crippen molar-refractivity contribution in [3.63, 3.8) is 0 Å². The number of halogens is 2. The number of hydrogen-bond donors (Lipinski definition) is 2. The Balaban J connectivity index is 1.56. The normalized spacial score (nSPS) is 10.6. The van der Waals surface area contributed by atoms with Crippen molar-refractivity contribution in [2.75, 3.05) is 10.6 Å². The van der Waals surface area contributed by atoms with E-state index in [4.69, 9.17) is 16.0 Å². The second-order valence-corrected chi connectivity index (χ2v) is 7.00. The smallest absolute Gasteiger partial charge is 0.259 e. The molecule has 1 heterocycles. The van der Waals surface area contributed by atoms with E-state index < -0.39 is 11.7 Å². The minimum Gasteiger partial charge on any atom is -0.469 e. The molecule has 3 aromatic rings. The van der Waals surface area contributed by atoms with Crippen molar-refractivity contribution in [1.29, 1.82) is 0 Å². The van der Waals surface area contributed by atoms with Gasteiger partial charge in [-0.1, -0.05) is 23.7 Å². The summed E-state index contributed by atoms with van der Waals surface area (Å²) in [6, 6.07) is 13.0. The molecule has 0 aliphatic heterocycles. The Labute approximate surface area is 172 Å². The van der Waals surface area contributed by atoms with Crippen LogP contribution in [0.25, 0.3) is 0 Å². The maximum atomic E-state index is 14.1. The van der Waals surface area contributed by atoms with E-state index in [9.17, 15) is 14.0 Å². The predicted octanol–water partition coefficient (Wildman–Crippen LogP) is 5.59. The summed E-state index contributed by atoms with van der Waals surface area (Å²) >= 11 is 5.86. The average molecular weight is 415 g/mol. The molecule has 2 aromatic carbocycles. The second kappa shape index (κ2) is 9.39. The lowest BCUT2D eigenvalue weighted by Crippen LogP contribution is -2.15. The summed E-state index contributed by atoms with van der Waals surface area (Å²) in [7, 11) is 0. The average Bonchev–Trinajstić information content (AvgIpc) is 3.12. The van der Waals surface area contributed by atoms with E-state index in [2.05, 4.69) is 10.6 Å². The van der Waals surface area contributed by atoms with Crippen molar-refractivity contribution < 1.29 is 18.4 Å². The Morgan fingerprint density at radius 2 is 1.83 bits per heavy atom. The van der Waals surface area contributed by atoms with Crippen LogP contribution in [0.2, 0.25) is 5.02 Å². The fourth-order valence-electron chi connectivity index (χ4n) is 2.84. The maximum Gasteiger partial charge on any atom is 0.259 e. The van der Waals surface area contributed by atoms with E-state index in [1.165, 1.54) is 30.5 Å². The van der Waals surface area contributed by atoms with Gasteiger partial charge >= 0.3 is 0 Å². The SMILES string of the molecule is Cc1occc1C(=O)Nc1cc(NC(=O)CCCc2ccc(Cl)cc2)ccc1F. The zero-order valence-corrected chi connectivity index (χ0v) is 16.6. The number of carbonyl (C=O) groups excluding carboxylic acids is 2. The molecule has 1 aromatic heterocycles. The maximum absolute atomic E-state index is 14.1. The van der Waals surface area contributed by atoms with E-state index in [0.29, 0.717) is 34.9 Å². The van der Waals surface area contributed by atoms with Gasteiger partial charge in [-0.25, -0.2) is 4.39 Å². The van der Waals surface area contributed by atoms with Gasteiger partial charge in [0, 0.05) is 17.1 Å². The Hall–Kier alpha value is -3.12. The molecule has 150 valence electrons. The van der Waals surface area contributed by atoms with Crippen molar-refractivity contribution in [1.82, 2.24) is 0 Å². The summed E-state index contributed by atoms with van der Waals surface area (Å²) in [5.74, 6) is -0.830. The van der Waals surface area contributed by atoms with E-state index in [1.807, 2.05) is 24.3 Å². The fourth-order valence-corrected chi connectivity index (χ4v) is 2.96. The number of hydrogen-bond acceptors (Lipinski definition) is 3. The summed E-state index contributed by atoms with van der Waals surface area (Å²) in [6.45, 7) is 1.64. The molecule has 29 heavy (non-hydrogen) atoms. The van der Waals surface area contributed by atoms with Crippen LogP contribution in [0.15, 0.2) is 59.2 Å². The monoisotopic (exact) mass is 414 g/mol. The summed E-state index contributed by atoms with van der Waals surface area (Å²) < 4.78 is 19.2. The quantitative estimate of drug-likeness (QED) is 0.529. The van der Waals surface area contributed by atoms with Gasteiger partial charge < -0.3 is 15.1 Å². The van der Waals surface area contributed by atoms with Crippen LogP contribution >= 0.6 is 11.6 Å². The molecular formula is C22H20ClFN2O3. The molecule has 0 unspecified atom stereocenters. The third kappa shape index (κ3) is 5.68. The fraction of sp³-hybridized carbons (Fsp3) is 0.182. The van der Waals surface area contributed by atoms with Crippen molar-refractivity contribution in [3.05, 3.63) is 82.5 Å². The number of amides is 2. The van der Waals surface area contributed by atoms with Crippen LogP contribution in [0, 0.1) is 12.7 Å². The molecular weight excluding hydrogens is 395 g/mol. The van der Waals surface area contributed by atoms with E-state index >= 15 is 0 Å². The standard InChI is InChI=1S/C22H20ClFN2O3/c1-14-18(11-12-29-14)22(28)26-20-13-17(9-10-19(20)24)25-21(27)4-2-3-15-5-7-16(23)8-6-15/h5-13H,2-4H2,1H3,(H,25,27)(H,26,28).